The first-order valence-corrected chi connectivity index (χ1v) is 14.0. The lowest BCUT2D eigenvalue weighted by Gasteiger charge is -2.36. The molecule has 1 heterocycles. The average Bonchev–Trinajstić information content (AvgIpc) is 3.20. The van der Waals surface area contributed by atoms with Crippen molar-refractivity contribution >= 4 is 17.6 Å². The number of carboxylic acids is 1. The van der Waals surface area contributed by atoms with Crippen LogP contribution in [-0.4, -0.2) is 41.8 Å². The Labute approximate surface area is 244 Å². The Balaban J connectivity index is 1.54. The molecule has 0 spiro atoms. The second-order valence-corrected chi connectivity index (χ2v) is 12.0. The van der Waals surface area contributed by atoms with Gasteiger partial charge in [0.1, 0.15) is 23.5 Å². The molecule has 1 N–H and O–H groups in total. The summed E-state index contributed by atoms with van der Waals surface area (Å²) in [5.74, 6) is -1.70. The van der Waals surface area contributed by atoms with Crippen LogP contribution in [0, 0.1) is 24.0 Å². The number of carbonyl (C=O) groups excluding carboxylic acids is 1. The maximum Gasteiger partial charge on any atom is 0.411 e. The van der Waals surface area contributed by atoms with Crippen LogP contribution in [0.3, 0.4) is 0 Å². The highest BCUT2D eigenvalue weighted by Gasteiger charge is 2.41. The van der Waals surface area contributed by atoms with Crippen LogP contribution >= 0.6 is 0 Å². The Morgan fingerprint density at radius 2 is 1.79 bits per heavy atom. The number of amides is 1. The van der Waals surface area contributed by atoms with Crippen molar-refractivity contribution < 1.29 is 33.0 Å². The van der Waals surface area contributed by atoms with Gasteiger partial charge in [0, 0.05) is 23.7 Å². The standard InChI is InChI=1S/C34H35F2NO5/c1-19-12-22(32(38)39)6-8-27(19)21-7-9-30(41-5)29(15-21)28-10-11-34(3,4)17-24(28)18-37-20(2)31(42-33(37)40)23-13-25(35)16-26(36)14-23/h6-9,12-16,20,31H,10-11,17-18H2,1-5H3,(H,38,39)/t20-,31-/m0/s1. The minimum atomic E-state index is -0.973. The second kappa shape index (κ2) is 11.2. The third-order valence-electron chi connectivity index (χ3n) is 8.45. The molecule has 3 aromatic rings. The van der Waals surface area contributed by atoms with Gasteiger partial charge in [-0.25, -0.2) is 18.4 Å². The normalized spacial score (nSPS) is 20.1. The quantitative estimate of drug-likeness (QED) is 0.307. The number of carboxylic acid groups (broad SMARTS) is 1. The summed E-state index contributed by atoms with van der Waals surface area (Å²) in [6.45, 7) is 8.44. The van der Waals surface area contributed by atoms with Gasteiger partial charge in [-0.15, -0.1) is 0 Å². The summed E-state index contributed by atoms with van der Waals surface area (Å²) in [5, 5.41) is 9.39. The van der Waals surface area contributed by atoms with E-state index in [-0.39, 0.29) is 16.5 Å². The van der Waals surface area contributed by atoms with Crippen LogP contribution in [0.25, 0.3) is 16.7 Å². The van der Waals surface area contributed by atoms with Crippen LogP contribution in [0.1, 0.15) is 73.2 Å². The number of aromatic carboxylic acids is 1. The summed E-state index contributed by atoms with van der Waals surface area (Å²) in [6.07, 6.45) is 1.14. The number of cyclic esters (lactones) is 1. The number of carbonyl (C=O) groups is 2. The van der Waals surface area contributed by atoms with E-state index in [1.807, 2.05) is 32.0 Å². The number of benzene rings is 3. The van der Waals surface area contributed by atoms with Gasteiger partial charge in [0.15, 0.2) is 0 Å². The van der Waals surface area contributed by atoms with Crippen LogP contribution in [0.15, 0.2) is 60.2 Å². The predicted molar refractivity (Wildman–Crippen MR) is 156 cm³/mol. The van der Waals surface area contributed by atoms with Gasteiger partial charge in [-0.2, -0.15) is 0 Å². The average molecular weight is 576 g/mol. The number of hydrogen-bond acceptors (Lipinski definition) is 4. The molecule has 1 aliphatic carbocycles. The van der Waals surface area contributed by atoms with Crippen LogP contribution in [0.4, 0.5) is 13.6 Å². The first-order chi connectivity index (χ1) is 19.9. The summed E-state index contributed by atoms with van der Waals surface area (Å²) in [7, 11) is 1.63. The van der Waals surface area contributed by atoms with E-state index in [9.17, 15) is 23.5 Å². The maximum absolute atomic E-state index is 14.0. The van der Waals surface area contributed by atoms with Crippen LogP contribution in [0.5, 0.6) is 5.75 Å². The van der Waals surface area contributed by atoms with E-state index < -0.39 is 35.8 Å². The third-order valence-corrected chi connectivity index (χ3v) is 8.45. The molecule has 2 aliphatic rings. The Bertz CT molecular complexity index is 1570. The van der Waals surface area contributed by atoms with Crippen LogP contribution in [0.2, 0.25) is 0 Å². The predicted octanol–water partition coefficient (Wildman–Crippen LogP) is 8.19. The van der Waals surface area contributed by atoms with Crippen molar-refractivity contribution in [2.75, 3.05) is 13.7 Å². The molecule has 1 saturated heterocycles. The van der Waals surface area contributed by atoms with Gasteiger partial charge in [-0.05, 0) is 103 Å². The van der Waals surface area contributed by atoms with E-state index >= 15 is 0 Å². The van der Waals surface area contributed by atoms with Gasteiger partial charge < -0.3 is 14.6 Å². The summed E-state index contributed by atoms with van der Waals surface area (Å²) in [5.41, 5.74) is 6.31. The van der Waals surface area contributed by atoms with E-state index in [0.717, 1.165) is 58.7 Å². The molecular weight excluding hydrogens is 540 g/mol. The molecule has 2 atom stereocenters. The molecule has 0 radical (unpaired) electrons. The molecule has 220 valence electrons. The first kappa shape index (κ1) is 29.3. The second-order valence-electron chi connectivity index (χ2n) is 12.0. The van der Waals surface area contributed by atoms with Crippen molar-refractivity contribution in [3.05, 3.63) is 94.1 Å². The van der Waals surface area contributed by atoms with E-state index in [0.29, 0.717) is 12.3 Å². The van der Waals surface area contributed by atoms with Crippen molar-refractivity contribution in [2.45, 2.75) is 59.1 Å². The van der Waals surface area contributed by atoms with Gasteiger partial charge in [0.25, 0.3) is 0 Å². The first-order valence-electron chi connectivity index (χ1n) is 14.0. The van der Waals surface area contributed by atoms with Crippen molar-refractivity contribution in [1.29, 1.82) is 0 Å². The number of methoxy groups -OCH3 is 1. The lowest BCUT2D eigenvalue weighted by molar-refractivity contribution is 0.0696. The number of nitrogens with zero attached hydrogens (tertiary/aromatic N) is 1. The van der Waals surface area contributed by atoms with E-state index in [4.69, 9.17) is 9.47 Å². The van der Waals surface area contributed by atoms with Gasteiger partial charge in [-0.1, -0.05) is 26.0 Å². The number of allylic oxidation sites excluding steroid dienone is 1. The highest BCUT2D eigenvalue weighted by molar-refractivity contribution is 5.89. The molecule has 1 aliphatic heterocycles. The molecular formula is C34H35F2NO5. The van der Waals surface area contributed by atoms with Crippen LogP contribution in [-0.2, 0) is 4.74 Å². The van der Waals surface area contributed by atoms with E-state index in [1.165, 1.54) is 12.1 Å². The zero-order chi connectivity index (χ0) is 30.3. The third kappa shape index (κ3) is 5.75. The topological polar surface area (TPSA) is 76.1 Å². The Morgan fingerprint density at radius 3 is 2.43 bits per heavy atom. The van der Waals surface area contributed by atoms with Crippen LogP contribution < -0.4 is 4.74 Å². The molecule has 3 aromatic carbocycles. The van der Waals surface area contributed by atoms with Gasteiger partial charge in [0.2, 0.25) is 0 Å². The lowest BCUT2D eigenvalue weighted by Crippen LogP contribution is -2.35. The smallest absolute Gasteiger partial charge is 0.411 e. The monoisotopic (exact) mass is 575 g/mol. The molecule has 0 bridgehead atoms. The zero-order valence-corrected chi connectivity index (χ0v) is 24.5. The van der Waals surface area contributed by atoms with Crippen molar-refractivity contribution in [2.24, 2.45) is 5.41 Å². The minimum absolute atomic E-state index is 0.00485. The van der Waals surface area contributed by atoms with Crippen molar-refractivity contribution in [3.63, 3.8) is 0 Å². The zero-order valence-electron chi connectivity index (χ0n) is 24.5. The molecule has 1 amide bonds. The molecule has 42 heavy (non-hydrogen) atoms. The van der Waals surface area contributed by atoms with Gasteiger partial charge >= 0.3 is 12.1 Å². The SMILES string of the molecule is COc1ccc(-c2ccc(C(=O)O)cc2C)cc1C1=C(CN2C(=O)O[C@H](c3cc(F)cc(F)c3)[C@@H]2C)CC(C)(C)CC1. The van der Waals surface area contributed by atoms with Crippen molar-refractivity contribution in [3.8, 4) is 16.9 Å². The highest BCUT2D eigenvalue weighted by Crippen LogP contribution is 2.46. The Morgan fingerprint density at radius 1 is 1.07 bits per heavy atom. The Kier molecular flexibility index (Phi) is 7.84. The highest BCUT2D eigenvalue weighted by atomic mass is 19.1. The number of hydrogen-bond donors (Lipinski definition) is 1. The van der Waals surface area contributed by atoms with E-state index in [2.05, 4.69) is 19.9 Å². The Hall–Kier alpha value is -4.20. The van der Waals surface area contributed by atoms with Gasteiger partial charge in [0.05, 0.1) is 18.7 Å². The number of rotatable bonds is 7. The van der Waals surface area contributed by atoms with Gasteiger partial charge in [-0.3, -0.25) is 4.90 Å². The summed E-state index contributed by atoms with van der Waals surface area (Å²) >= 11 is 0. The summed E-state index contributed by atoms with van der Waals surface area (Å²) in [6, 6.07) is 13.8. The molecule has 5 rings (SSSR count). The largest absolute Gasteiger partial charge is 0.496 e. The number of aryl methyl sites for hydroxylation is 1. The van der Waals surface area contributed by atoms with E-state index in [1.54, 1.807) is 24.1 Å². The number of halogens is 2. The lowest BCUT2D eigenvalue weighted by atomic mass is 9.72. The summed E-state index contributed by atoms with van der Waals surface area (Å²) < 4.78 is 39.4. The van der Waals surface area contributed by atoms with Crippen molar-refractivity contribution in [1.82, 2.24) is 4.90 Å². The molecule has 8 heteroatoms. The molecule has 0 saturated carbocycles. The fraction of sp³-hybridized carbons (Fsp3) is 0.353. The minimum Gasteiger partial charge on any atom is -0.496 e. The molecule has 0 unspecified atom stereocenters. The fourth-order valence-electron chi connectivity index (χ4n) is 6.23. The number of ether oxygens (including phenoxy) is 2. The molecule has 1 fully saturated rings. The summed E-state index contributed by atoms with van der Waals surface area (Å²) in [4.78, 5) is 26.2. The maximum atomic E-state index is 14.0. The fourth-order valence-corrected chi connectivity index (χ4v) is 6.23. The molecule has 6 nitrogen and oxygen atoms in total. The molecule has 0 aromatic heterocycles.